The van der Waals surface area contributed by atoms with Crippen molar-refractivity contribution >= 4 is 5.69 Å². The number of nitrogens with one attached hydrogen (secondary N) is 1. The summed E-state index contributed by atoms with van der Waals surface area (Å²) in [5.41, 5.74) is 1.87. The Morgan fingerprint density at radius 3 is 2.86 bits per heavy atom. The fourth-order valence-electron chi connectivity index (χ4n) is 2.03. The van der Waals surface area contributed by atoms with Crippen molar-refractivity contribution in [1.29, 1.82) is 0 Å². The number of rotatable bonds is 6. The minimum Gasteiger partial charge on any atom is -0.496 e. The molecule has 2 aromatic rings. The second-order valence-electron chi connectivity index (χ2n) is 4.64. The van der Waals surface area contributed by atoms with Crippen molar-refractivity contribution in [3.63, 3.8) is 0 Å². The van der Waals surface area contributed by atoms with Gasteiger partial charge in [0.15, 0.2) is 0 Å². The Kier molecular flexibility index (Phi) is 4.84. The van der Waals surface area contributed by atoms with Crippen LogP contribution >= 0.6 is 0 Å². The van der Waals surface area contributed by atoms with Crippen LogP contribution in [0, 0.1) is 10.1 Å². The molecule has 0 amide bonds. The third-order valence-electron chi connectivity index (χ3n) is 3.26. The first-order valence-corrected chi connectivity index (χ1v) is 6.56. The number of non-ortho nitro benzene ring substituents is 1. The summed E-state index contributed by atoms with van der Waals surface area (Å²) < 4.78 is 5.24. The van der Waals surface area contributed by atoms with Gasteiger partial charge >= 0.3 is 0 Å². The first-order chi connectivity index (χ1) is 10.1. The molecule has 0 aliphatic carbocycles. The highest BCUT2D eigenvalue weighted by Crippen LogP contribution is 2.24. The summed E-state index contributed by atoms with van der Waals surface area (Å²) in [7, 11) is 1.55. The summed E-state index contributed by atoms with van der Waals surface area (Å²) in [6.07, 6.45) is 3.52. The van der Waals surface area contributed by atoms with E-state index in [-0.39, 0.29) is 11.7 Å². The van der Waals surface area contributed by atoms with E-state index in [9.17, 15) is 10.1 Å². The molecule has 6 heteroatoms. The highest BCUT2D eigenvalue weighted by Gasteiger charge is 2.12. The number of hydrogen-bond donors (Lipinski definition) is 1. The Hall–Kier alpha value is -2.47. The van der Waals surface area contributed by atoms with E-state index in [0.717, 1.165) is 11.1 Å². The number of ether oxygens (including phenoxy) is 1. The lowest BCUT2D eigenvalue weighted by Gasteiger charge is -2.15. The van der Waals surface area contributed by atoms with Crippen LogP contribution in [0.3, 0.4) is 0 Å². The summed E-state index contributed by atoms with van der Waals surface area (Å²) in [5.74, 6) is 0.631. The van der Waals surface area contributed by atoms with Gasteiger partial charge in [-0.3, -0.25) is 15.1 Å². The number of nitro groups is 1. The molecule has 1 N–H and O–H groups in total. The predicted molar refractivity (Wildman–Crippen MR) is 79.1 cm³/mol. The van der Waals surface area contributed by atoms with E-state index in [4.69, 9.17) is 4.74 Å². The van der Waals surface area contributed by atoms with Gasteiger partial charge in [-0.1, -0.05) is 6.07 Å². The maximum Gasteiger partial charge on any atom is 0.270 e. The second kappa shape index (κ2) is 6.81. The molecule has 1 aromatic carbocycles. The van der Waals surface area contributed by atoms with E-state index >= 15 is 0 Å². The smallest absolute Gasteiger partial charge is 0.270 e. The van der Waals surface area contributed by atoms with E-state index in [1.54, 1.807) is 25.6 Å². The molecule has 0 saturated carbocycles. The summed E-state index contributed by atoms with van der Waals surface area (Å²) in [4.78, 5) is 14.5. The molecule has 1 atom stereocenters. The molecular formula is C15H17N3O3. The maximum atomic E-state index is 10.8. The van der Waals surface area contributed by atoms with Gasteiger partial charge in [-0.2, -0.15) is 0 Å². The zero-order valence-electron chi connectivity index (χ0n) is 11.9. The minimum atomic E-state index is -0.409. The second-order valence-corrected chi connectivity index (χ2v) is 4.64. The molecule has 0 spiro atoms. The number of hydrogen-bond acceptors (Lipinski definition) is 5. The lowest BCUT2D eigenvalue weighted by atomic mass is 10.1. The van der Waals surface area contributed by atoms with Gasteiger partial charge in [0, 0.05) is 42.7 Å². The standard InChI is InChI=1S/C15H17N3O3/c1-11(12-4-3-7-16-9-12)17-10-13-8-14(18(19)20)5-6-15(13)21-2/h3-9,11,17H,10H2,1-2H3/t11-/m1/s1. The number of benzene rings is 1. The van der Waals surface area contributed by atoms with Crippen LogP contribution in [0.5, 0.6) is 5.75 Å². The van der Waals surface area contributed by atoms with Gasteiger partial charge in [0.2, 0.25) is 0 Å². The van der Waals surface area contributed by atoms with Crippen LogP contribution in [0.1, 0.15) is 24.1 Å². The molecule has 0 unspecified atom stereocenters. The van der Waals surface area contributed by atoms with Crippen LogP contribution in [-0.4, -0.2) is 17.0 Å². The molecule has 2 rings (SSSR count). The molecular weight excluding hydrogens is 270 g/mol. The number of nitro benzene ring substituents is 1. The Morgan fingerprint density at radius 2 is 2.24 bits per heavy atom. The van der Waals surface area contributed by atoms with E-state index in [1.807, 2.05) is 19.1 Å². The molecule has 0 bridgehead atoms. The van der Waals surface area contributed by atoms with Crippen molar-refractivity contribution in [3.8, 4) is 5.75 Å². The molecule has 1 heterocycles. The fraction of sp³-hybridized carbons (Fsp3) is 0.267. The molecule has 1 aromatic heterocycles. The maximum absolute atomic E-state index is 10.8. The largest absolute Gasteiger partial charge is 0.496 e. The number of pyridine rings is 1. The van der Waals surface area contributed by atoms with Gasteiger partial charge in [0.05, 0.1) is 12.0 Å². The molecule has 0 aliphatic rings. The van der Waals surface area contributed by atoms with Crippen LogP contribution in [0.2, 0.25) is 0 Å². The lowest BCUT2D eigenvalue weighted by Crippen LogP contribution is -2.18. The van der Waals surface area contributed by atoms with Crippen LogP contribution in [0.15, 0.2) is 42.7 Å². The molecule has 0 aliphatic heterocycles. The minimum absolute atomic E-state index is 0.0571. The molecule has 0 fully saturated rings. The average molecular weight is 287 g/mol. The molecule has 6 nitrogen and oxygen atoms in total. The molecule has 21 heavy (non-hydrogen) atoms. The van der Waals surface area contributed by atoms with Gasteiger partial charge in [-0.15, -0.1) is 0 Å². The van der Waals surface area contributed by atoms with E-state index in [2.05, 4.69) is 10.3 Å². The summed E-state index contributed by atoms with van der Waals surface area (Å²) in [6.45, 7) is 2.49. The SMILES string of the molecule is COc1ccc([N+](=O)[O-])cc1CN[C@H](C)c1cccnc1. The van der Waals surface area contributed by atoms with Crippen LogP contribution < -0.4 is 10.1 Å². The van der Waals surface area contributed by atoms with Crippen molar-refractivity contribution in [2.24, 2.45) is 0 Å². The summed E-state index contributed by atoms with van der Waals surface area (Å²) in [6, 6.07) is 8.53. The Morgan fingerprint density at radius 1 is 1.43 bits per heavy atom. The zero-order valence-corrected chi connectivity index (χ0v) is 11.9. The average Bonchev–Trinajstić information content (AvgIpc) is 2.53. The van der Waals surface area contributed by atoms with Gasteiger partial charge in [0.1, 0.15) is 5.75 Å². The monoisotopic (exact) mass is 287 g/mol. The topological polar surface area (TPSA) is 77.3 Å². The molecule has 0 radical (unpaired) electrons. The quantitative estimate of drug-likeness (QED) is 0.653. The first kappa shape index (κ1) is 14.9. The highest BCUT2D eigenvalue weighted by molar-refractivity contribution is 5.43. The van der Waals surface area contributed by atoms with Gasteiger partial charge < -0.3 is 10.1 Å². The Bertz CT molecular complexity index is 617. The summed E-state index contributed by atoms with van der Waals surface area (Å²) in [5, 5.41) is 14.2. The summed E-state index contributed by atoms with van der Waals surface area (Å²) >= 11 is 0. The van der Waals surface area contributed by atoms with Crippen molar-refractivity contribution < 1.29 is 9.66 Å². The number of methoxy groups -OCH3 is 1. The van der Waals surface area contributed by atoms with Crippen molar-refractivity contribution in [1.82, 2.24) is 10.3 Å². The number of aromatic nitrogens is 1. The Labute approximate surface area is 122 Å². The van der Waals surface area contributed by atoms with E-state index in [0.29, 0.717) is 12.3 Å². The highest BCUT2D eigenvalue weighted by atomic mass is 16.6. The van der Waals surface area contributed by atoms with Crippen LogP contribution in [0.25, 0.3) is 0 Å². The zero-order chi connectivity index (χ0) is 15.2. The predicted octanol–water partition coefficient (Wildman–Crippen LogP) is 2.85. The third-order valence-corrected chi connectivity index (χ3v) is 3.26. The Balaban J connectivity index is 2.11. The van der Waals surface area contributed by atoms with Gasteiger partial charge in [-0.05, 0) is 24.6 Å². The van der Waals surface area contributed by atoms with Crippen molar-refractivity contribution in [2.45, 2.75) is 19.5 Å². The van der Waals surface area contributed by atoms with Crippen molar-refractivity contribution in [2.75, 3.05) is 7.11 Å². The van der Waals surface area contributed by atoms with E-state index in [1.165, 1.54) is 12.1 Å². The van der Waals surface area contributed by atoms with Gasteiger partial charge in [-0.25, -0.2) is 0 Å². The molecule has 0 saturated heterocycles. The van der Waals surface area contributed by atoms with E-state index < -0.39 is 4.92 Å². The third kappa shape index (κ3) is 3.76. The first-order valence-electron chi connectivity index (χ1n) is 6.56. The van der Waals surface area contributed by atoms with Crippen LogP contribution in [-0.2, 0) is 6.54 Å². The lowest BCUT2D eigenvalue weighted by molar-refractivity contribution is -0.384. The number of nitrogens with zero attached hydrogens (tertiary/aromatic N) is 2. The van der Waals surface area contributed by atoms with Crippen LogP contribution in [0.4, 0.5) is 5.69 Å². The normalized spacial score (nSPS) is 11.9. The molecule has 110 valence electrons. The fourth-order valence-corrected chi connectivity index (χ4v) is 2.03. The van der Waals surface area contributed by atoms with Gasteiger partial charge in [0.25, 0.3) is 5.69 Å². The van der Waals surface area contributed by atoms with Crippen molar-refractivity contribution in [3.05, 3.63) is 64.0 Å².